The lowest BCUT2D eigenvalue weighted by molar-refractivity contribution is 0.0266. The second-order valence-corrected chi connectivity index (χ2v) is 4.38. The van der Waals surface area contributed by atoms with E-state index < -0.39 is 5.60 Å². The molecular weight excluding hydrogens is 193 g/mol. The fourth-order valence-corrected chi connectivity index (χ4v) is 1.08. The van der Waals surface area contributed by atoms with Crippen LogP contribution in [0.1, 0.15) is 20.8 Å². The third kappa shape index (κ3) is 3.51. The van der Waals surface area contributed by atoms with Crippen molar-refractivity contribution < 1.29 is 9.50 Å². The van der Waals surface area contributed by atoms with Gasteiger partial charge < -0.3 is 10.4 Å². The molecule has 1 unspecified atom stereocenters. The van der Waals surface area contributed by atoms with Crippen LogP contribution in [0.3, 0.4) is 0 Å². The Hall–Kier alpha value is -1.09. The van der Waals surface area contributed by atoms with Crippen molar-refractivity contribution in [3.8, 4) is 0 Å². The number of aliphatic hydroxyl groups is 1. The minimum Gasteiger partial charge on any atom is -0.388 e. The van der Waals surface area contributed by atoms with Crippen molar-refractivity contribution in [1.29, 1.82) is 0 Å². The van der Waals surface area contributed by atoms with E-state index >= 15 is 0 Å². The standard InChI is InChI=1S/C12H18FNO/c1-9(2)12(3,15)8-14-11-6-4-5-10(13)7-11/h4-7,9,14-15H,8H2,1-3H3. The summed E-state index contributed by atoms with van der Waals surface area (Å²) in [5.41, 5.74) is -0.0947. The van der Waals surface area contributed by atoms with Crippen molar-refractivity contribution >= 4 is 5.69 Å². The predicted octanol–water partition coefficient (Wildman–Crippen LogP) is 2.64. The molecule has 0 spiro atoms. The molecule has 15 heavy (non-hydrogen) atoms. The van der Waals surface area contributed by atoms with Gasteiger partial charge in [0.1, 0.15) is 5.82 Å². The third-order valence-electron chi connectivity index (χ3n) is 2.72. The van der Waals surface area contributed by atoms with Gasteiger partial charge >= 0.3 is 0 Å². The van der Waals surface area contributed by atoms with Crippen LogP contribution in [-0.2, 0) is 0 Å². The molecule has 1 atom stereocenters. The Bertz CT molecular complexity index is 323. The van der Waals surface area contributed by atoms with Crippen LogP contribution in [0.5, 0.6) is 0 Å². The van der Waals surface area contributed by atoms with E-state index in [4.69, 9.17) is 0 Å². The summed E-state index contributed by atoms with van der Waals surface area (Å²) in [6.07, 6.45) is 0. The van der Waals surface area contributed by atoms with Crippen LogP contribution < -0.4 is 5.32 Å². The molecular formula is C12H18FNO. The van der Waals surface area contributed by atoms with Crippen LogP contribution in [0.2, 0.25) is 0 Å². The first kappa shape index (κ1) is 12.0. The van der Waals surface area contributed by atoms with E-state index in [0.717, 1.165) is 0 Å². The van der Waals surface area contributed by atoms with E-state index in [-0.39, 0.29) is 11.7 Å². The van der Waals surface area contributed by atoms with Crippen LogP contribution in [0.15, 0.2) is 24.3 Å². The second kappa shape index (κ2) is 4.62. The van der Waals surface area contributed by atoms with Crippen molar-refractivity contribution in [2.24, 2.45) is 5.92 Å². The highest BCUT2D eigenvalue weighted by molar-refractivity contribution is 5.43. The minimum absolute atomic E-state index is 0.151. The molecule has 1 aromatic carbocycles. The van der Waals surface area contributed by atoms with E-state index in [9.17, 15) is 9.50 Å². The van der Waals surface area contributed by atoms with E-state index in [1.54, 1.807) is 19.1 Å². The SMILES string of the molecule is CC(C)C(C)(O)CNc1cccc(F)c1. The number of rotatable bonds is 4. The first-order valence-electron chi connectivity index (χ1n) is 5.13. The monoisotopic (exact) mass is 211 g/mol. The van der Waals surface area contributed by atoms with Crippen molar-refractivity contribution in [2.75, 3.05) is 11.9 Å². The van der Waals surface area contributed by atoms with Gasteiger partial charge in [0.05, 0.1) is 5.60 Å². The molecule has 1 aromatic rings. The molecule has 84 valence electrons. The lowest BCUT2D eigenvalue weighted by Gasteiger charge is -2.28. The van der Waals surface area contributed by atoms with E-state index in [0.29, 0.717) is 12.2 Å². The van der Waals surface area contributed by atoms with Crippen molar-refractivity contribution in [3.05, 3.63) is 30.1 Å². The van der Waals surface area contributed by atoms with Crippen LogP contribution in [0, 0.1) is 11.7 Å². The fourth-order valence-electron chi connectivity index (χ4n) is 1.08. The Balaban J connectivity index is 2.57. The van der Waals surface area contributed by atoms with Crippen LogP contribution in [0.4, 0.5) is 10.1 Å². The summed E-state index contributed by atoms with van der Waals surface area (Å²) in [6.45, 7) is 6.08. The third-order valence-corrected chi connectivity index (χ3v) is 2.72. The normalized spacial score (nSPS) is 15.1. The number of nitrogens with one attached hydrogen (secondary N) is 1. The molecule has 0 heterocycles. The van der Waals surface area contributed by atoms with Crippen LogP contribution >= 0.6 is 0 Å². The van der Waals surface area contributed by atoms with Gasteiger partial charge in [-0.25, -0.2) is 4.39 Å². The average molecular weight is 211 g/mol. The molecule has 0 bridgehead atoms. The molecule has 3 heteroatoms. The fraction of sp³-hybridized carbons (Fsp3) is 0.500. The maximum absolute atomic E-state index is 12.8. The van der Waals surface area contributed by atoms with Crippen LogP contribution in [0.25, 0.3) is 0 Å². The quantitative estimate of drug-likeness (QED) is 0.802. The number of halogens is 1. The molecule has 2 nitrogen and oxygen atoms in total. The zero-order valence-corrected chi connectivity index (χ0v) is 9.42. The smallest absolute Gasteiger partial charge is 0.125 e. The lowest BCUT2D eigenvalue weighted by atomic mass is 9.92. The van der Waals surface area contributed by atoms with E-state index in [2.05, 4.69) is 5.32 Å². The number of benzene rings is 1. The summed E-state index contributed by atoms with van der Waals surface area (Å²) >= 11 is 0. The lowest BCUT2D eigenvalue weighted by Crippen LogP contribution is -2.38. The van der Waals surface area contributed by atoms with Gasteiger partial charge in [-0.1, -0.05) is 19.9 Å². The maximum Gasteiger partial charge on any atom is 0.125 e. The Morgan fingerprint density at radius 3 is 2.67 bits per heavy atom. The predicted molar refractivity (Wildman–Crippen MR) is 60.4 cm³/mol. The number of hydrogen-bond acceptors (Lipinski definition) is 2. The van der Waals surface area contributed by atoms with Gasteiger partial charge in [0.2, 0.25) is 0 Å². The largest absolute Gasteiger partial charge is 0.388 e. The van der Waals surface area contributed by atoms with Gasteiger partial charge in [-0.15, -0.1) is 0 Å². The first-order chi connectivity index (χ1) is 6.92. The highest BCUT2D eigenvalue weighted by atomic mass is 19.1. The molecule has 0 amide bonds. The zero-order chi connectivity index (χ0) is 11.5. The molecule has 0 aliphatic carbocycles. The zero-order valence-electron chi connectivity index (χ0n) is 9.42. The van der Waals surface area contributed by atoms with Gasteiger partial charge in [0, 0.05) is 12.2 Å². The Kier molecular flexibility index (Phi) is 3.69. The van der Waals surface area contributed by atoms with Crippen molar-refractivity contribution in [1.82, 2.24) is 0 Å². The summed E-state index contributed by atoms with van der Waals surface area (Å²) < 4.78 is 12.8. The van der Waals surface area contributed by atoms with Gasteiger partial charge in [-0.2, -0.15) is 0 Å². The highest BCUT2D eigenvalue weighted by Gasteiger charge is 2.24. The molecule has 0 saturated carbocycles. The highest BCUT2D eigenvalue weighted by Crippen LogP contribution is 2.17. The Labute approximate surface area is 90.1 Å². The molecule has 2 N–H and O–H groups in total. The Morgan fingerprint density at radius 2 is 2.13 bits per heavy atom. The topological polar surface area (TPSA) is 32.3 Å². The average Bonchev–Trinajstić information content (AvgIpc) is 2.15. The molecule has 0 aliphatic rings. The van der Waals surface area contributed by atoms with Gasteiger partial charge in [0.15, 0.2) is 0 Å². The summed E-state index contributed by atoms with van der Waals surface area (Å²) in [4.78, 5) is 0. The number of hydrogen-bond donors (Lipinski definition) is 2. The summed E-state index contributed by atoms with van der Waals surface area (Å²) in [5, 5.41) is 13.0. The second-order valence-electron chi connectivity index (χ2n) is 4.38. The summed E-state index contributed by atoms with van der Waals surface area (Å²) in [6, 6.07) is 6.23. The molecule has 0 radical (unpaired) electrons. The molecule has 0 saturated heterocycles. The van der Waals surface area contributed by atoms with Crippen molar-refractivity contribution in [2.45, 2.75) is 26.4 Å². The summed E-state index contributed by atoms with van der Waals surface area (Å²) in [7, 11) is 0. The Morgan fingerprint density at radius 1 is 1.47 bits per heavy atom. The summed E-state index contributed by atoms with van der Waals surface area (Å²) in [5.74, 6) is -0.122. The molecule has 0 fully saturated rings. The molecule has 0 aliphatic heterocycles. The molecule has 1 rings (SSSR count). The van der Waals surface area contributed by atoms with Gasteiger partial charge in [-0.3, -0.25) is 0 Å². The van der Waals surface area contributed by atoms with Gasteiger partial charge in [0.25, 0.3) is 0 Å². The first-order valence-corrected chi connectivity index (χ1v) is 5.13. The van der Waals surface area contributed by atoms with E-state index in [1.807, 2.05) is 13.8 Å². The molecule has 0 aromatic heterocycles. The maximum atomic E-state index is 12.8. The van der Waals surface area contributed by atoms with Crippen molar-refractivity contribution in [3.63, 3.8) is 0 Å². The van der Waals surface area contributed by atoms with Gasteiger partial charge in [-0.05, 0) is 31.0 Å². The number of anilines is 1. The van der Waals surface area contributed by atoms with E-state index in [1.165, 1.54) is 12.1 Å². The van der Waals surface area contributed by atoms with Crippen LogP contribution in [-0.4, -0.2) is 17.3 Å². The minimum atomic E-state index is -0.785.